The van der Waals surface area contributed by atoms with Crippen LogP contribution in [0.2, 0.25) is 0 Å². The Morgan fingerprint density at radius 1 is 1.10 bits per heavy atom. The zero-order valence-corrected chi connectivity index (χ0v) is 14.3. The molecule has 21 heavy (non-hydrogen) atoms. The molecule has 1 aromatic carbocycles. The summed E-state index contributed by atoms with van der Waals surface area (Å²) in [4.78, 5) is 2.39. The van der Waals surface area contributed by atoms with Gasteiger partial charge >= 0.3 is 0 Å². The van der Waals surface area contributed by atoms with Crippen molar-refractivity contribution in [2.24, 2.45) is 0 Å². The molecule has 0 saturated heterocycles. The lowest BCUT2D eigenvalue weighted by molar-refractivity contribution is 0.558. The molecule has 0 amide bonds. The van der Waals surface area contributed by atoms with E-state index in [1.165, 1.54) is 5.69 Å². The first-order chi connectivity index (χ1) is 10.0. The lowest BCUT2D eigenvalue weighted by atomic mass is 10.0. The van der Waals surface area contributed by atoms with Crippen LogP contribution in [0.3, 0.4) is 0 Å². The second-order valence-electron chi connectivity index (χ2n) is 5.82. The largest absolute Gasteiger partial charge is 0.371 e. The molecule has 1 atom stereocenters. The van der Waals surface area contributed by atoms with Gasteiger partial charge in [-0.25, -0.2) is 4.39 Å². The van der Waals surface area contributed by atoms with Crippen molar-refractivity contribution >= 4 is 5.69 Å². The summed E-state index contributed by atoms with van der Waals surface area (Å²) in [5.74, 6) is -0.105. The summed E-state index contributed by atoms with van der Waals surface area (Å²) in [5, 5.41) is 3.48. The Hall–Kier alpha value is -1.09. The standard InChI is InChI=1S/C18H31FN2/c1-6-9-20-15(5)16-13-17(19)14(4)12-18(16)21(10-7-2)11-8-3/h12-13,15,20H,6-11H2,1-5H3. The predicted molar refractivity (Wildman–Crippen MR) is 90.6 cm³/mol. The molecular weight excluding hydrogens is 263 g/mol. The fraction of sp³-hybridized carbons (Fsp3) is 0.667. The summed E-state index contributed by atoms with van der Waals surface area (Å²) in [6.45, 7) is 13.5. The fourth-order valence-corrected chi connectivity index (χ4v) is 2.67. The number of hydrogen-bond acceptors (Lipinski definition) is 2. The molecule has 0 aliphatic rings. The number of halogens is 1. The zero-order chi connectivity index (χ0) is 15.8. The highest BCUT2D eigenvalue weighted by Gasteiger charge is 2.17. The molecule has 1 N–H and O–H groups in total. The highest BCUT2D eigenvalue weighted by atomic mass is 19.1. The monoisotopic (exact) mass is 294 g/mol. The number of nitrogens with zero attached hydrogens (tertiary/aromatic N) is 1. The molecule has 1 aromatic rings. The normalized spacial score (nSPS) is 12.5. The van der Waals surface area contributed by atoms with Gasteiger partial charge in [-0.15, -0.1) is 0 Å². The van der Waals surface area contributed by atoms with Crippen molar-refractivity contribution in [1.29, 1.82) is 0 Å². The maximum atomic E-state index is 14.0. The van der Waals surface area contributed by atoms with E-state index in [1.54, 1.807) is 6.07 Å². The first-order valence-corrected chi connectivity index (χ1v) is 8.33. The third kappa shape index (κ3) is 4.99. The van der Waals surface area contributed by atoms with Gasteiger partial charge in [-0.1, -0.05) is 20.8 Å². The van der Waals surface area contributed by atoms with Gasteiger partial charge in [0, 0.05) is 24.8 Å². The number of anilines is 1. The van der Waals surface area contributed by atoms with Gasteiger partial charge in [0.15, 0.2) is 0 Å². The van der Waals surface area contributed by atoms with Crippen molar-refractivity contribution in [3.63, 3.8) is 0 Å². The van der Waals surface area contributed by atoms with E-state index < -0.39 is 0 Å². The number of hydrogen-bond donors (Lipinski definition) is 1. The van der Waals surface area contributed by atoms with Gasteiger partial charge in [0.25, 0.3) is 0 Å². The van der Waals surface area contributed by atoms with Gasteiger partial charge in [0.2, 0.25) is 0 Å². The summed E-state index contributed by atoms with van der Waals surface area (Å²) < 4.78 is 14.0. The van der Waals surface area contributed by atoms with Crippen molar-refractivity contribution in [2.45, 2.75) is 59.9 Å². The Morgan fingerprint density at radius 2 is 1.71 bits per heavy atom. The highest BCUT2D eigenvalue weighted by molar-refractivity contribution is 5.57. The third-order valence-corrected chi connectivity index (χ3v) is 3.80. The van der Waals surface area contributed by atoms with Crippen molar-refractivity contribution in [3.8, 4) is 0 Å². The minimum Gasteiger partial charge on any atom is -0.371 e. The molecule has 0 radical (unpaired) electrons. The Morgan fingerprint density at radius 3 is 2.24 bits per heavy atom. The predicted octanol–water partition coefficient (Wildman–Crippen LogP) is 4.82. The Kier molecular flexibility index (Phi) is 7.73. The topological polar surface area (TPSA) is 15.3 Å². The number of benzene rings is 1. The average molecular weight is 294 g/mol. The molecule has 0 aromatic heterocycles. The van der Waals surface area contributed by atoms with Gasteiger partial charge in [-0.3, -0.25) is 0 Å². The molecule has 1 unspecified atom stereocenters. The van der Waals surface area contributed by atoms with Crippen LogP contribution in [0.4, 0.5) is 10.1 Å². The molecule has 0 heterocycles. The molecule has 120 valence electrons. The minimum absolute atomic E-state index is 0.105. The van der Waals surface area contributed by atoms with Gasteiger partial charge in [-0.05, 0) is 62.9 Å². The molecule has 1 rings (SSSR count). The third-order valence-electron chi connectivity index (χ3n) is 3.80. The van der Waals surface area contributed by atoms with Gasteiger partial charge in [0.1, 0.15) is 5.82 Å². The van der Waals surface area contributed by atoms with E-state index in [1.807, 2.05) is 13.0 Å². The summed E-state index contributed by atoms with van der Waals surface area (Å²) >= 11 is 0. The van der Waals surface area contributed by atoms with E-state index in [4.69, 9.17) is 0 Å². The lowest BCUT2D eigenvalue weighted by Crippen LogP contribution is -2.29. The minimum atomic E-state index is -0.105. The van der Waals surface area contributed by atoms with E-state index in [2.05, 4.69) is 37.9 Å². The fourth-order valence-electron chi connectivity index (χ4n) is 2.67. The molecule has 0 spiro atoms. The van der Waals surface area contributed by atoms with Crippen LogP contribution in [0.15, 0.2) is 12.1 Å². The molecule has 0 saturated carbocycles. The van der Waals surface area contributed by atoms with Crippen LogP contribution in [0.1, 0.15) is 64.1 Å². The summed E-state index contributed by atoms with van der Waals surface area (Å²) in [7, 11) is 0. The summed E-state index contributed by atoms with van der Waals surface area (Å²) in [6.07, 6.45) is 3.29. The zero-order valence-electron chi connectivity index (χ0n) is 14.3. The van der Waals surface area contributed by atoms with Crippen molar-refractivity contribution in [1.82, 2.24) is 5.32 Å². The molecule has 2 nitrogen and oxygen atoms in total. The Balaban J connectivity index is 3.16. The molecule has 3 heteroatoms. The Bertz CT molecular complexity index is 425. The molecule has 0 aliphatic heterocycles. The lowest BCUT2D eigenvalue weighted by Gasteiger charge is -2.29. The van der Waals surface area contributed by atoms with Gasteiger partial charge < -0.3 is 10.2 Å². The van der Waals surface area contributed by atoms with Gasteiger partial charge in [-0.2, -0.15) is 0 Å². The van der Waals surface area contributed by atoms with E-state index >= 15 is 0 Å². The quantitative estimate of drug-likeness (QED) is 0.702. The average Bonchev–Trinajstić information content (AvgIpc) is 2.47. The van der Waals surface area contributed by atoms with Crippen LogP contribution in [-0.2, 0) is 0 Å². The van der Waals surface area contributed by atoms with Crippen molar-refractivity contribution < 1.29 is 4.39 Å². The Labute approximate surface area is 129 Å². The molecule has 0 aliphatic carbocycles. The molecule has 0 fully saturated rings. The molecular formula is C18H31FN2. The summed E-state index contributed by atoms with van der Waals surface area (Å²) in [5.41, 5.74) is 3.00. The van der Waals surface area contributed by atoms with Crippen LogP contribution in [0.25, 0.3) is 0 Å². The molecule has 0 bridgehead atoms. The smallest absolute Gasteiger partial charge is 0.126 e. The van der Waals surface area contributed by atoms with Crippen molar-refractivity contribution in [2.75, 3.05) is 24.5 Å². The van der Waals surface area contributed by atoms with E-state index in [0.29, 0.717) is 0 Å². The van der Waals surface area contributed by atoms with Gasteiger partial charge in [0.05, 0.1) is 0 Å². The highest BCUT2D eigenvalue weighted by Crippen LogP contribution is 2.30. The maximum absolute atomic E-state index is 14.0. The second kappa shape index (κ2) is 9.04. The van der Waals surface area contributed by atoms with Crippen LogP contribution in [0.5, 0.6) is 0 Å². The maximum Gasteiger partial charge on any atom is 0.126 e. The van der Waals surface area contributed by atoms with Crippen LogP contribution in [0, 0.1) is 12.7 Å². The first-order valence-electron chi connectivity index (χ1n) is 8.33. The van der Waals surface area contributed by atoms with Crippen LogP contribution < -0.4 is 10.2 Å². The number of rotatable bonds is 9. The van der Waals surface area contributed by atoms with E-state index in [-0.39, 0.29) is 11.9 Å². The van der Waals surface area contributed by atoms with Crippen molar-refractivity contribution in [3.05, 3.63) is 29.1 Å². The van der Waals surface area contributed by atoms with E-state index in [9.17, 15) is 4.39 Å². The van der Waals surface area contributed by atoms with Crippen LogP contribution in [-0.4, -0.2) is 19.6 Å². The second-order valence-corrected chi connectivity index (χ2v) is 5.82. The SMILES string of the molecule is CCCNC(C)c1cc(F)c(C)cc1N(CCC)CCC. The first kappa shape index (κ1) is 18.0. The number of nitrogens with one attached hydrogen (secondary N) is 1. The summed E-state index contributed by atoms with van der Waals surface area (Å²) in [6, 6.07) is 3.91. The van der Waals surface area contributed by atoms with E-state index in [0.717, 1.165) is 50.0 Å². The van der Waals surface area contributed by atoms with Crippen LogP contribution >= 0.6 is 0 Å². The number of aryl methyl sites for hydroxylation is 1.